The summed E-state index contributed by atoms with van der Waals surface area (Å²) in [6.07, 6.45) is 2.44. The molecule has 0 unspecified atom stereocenters. The highest BCUT2D eigenvalue weighted by Crippen LogP contribution is 2.23. The number of nitrogens with zero attached hydrogens (tertiary/aromatic N) is 1. The number of furan rings is 1. The van der Waals surface area contributed by atoms with Gasteiger partial charge in [-0.25, -0.2) is 4.39 Å². The number of hydrogen-bond donors (Lipinski definition) is 0. The van der Waals surface area contributed by atoms with Gasteiger partial charge >= 0.3 is 0 Å². The number of benzene rings is 2. The summed E-state index contributed by atoms with van der Waals surface area (Å²) < 4.78 is 25.2. The van der Waals surface area contributed by atoms with E-state index in [1.165, 1.54) is 23.3 Å². The van der Waals surface area contributed by atoms with Crippen molar-refractivity contribution in [3.8, 4) is 5.75 Å². The van der Waals surface area contributed by atoms with E-state index in [4.69, 9.17) is 20.8 Å². The zero-order valence-electron chi connectivity index (χ0n) is 15.5. The number of carbonyl (C=O) groups is 1. The average molecular weight is 402 g/mol. The van der Waals surface area contributed by atoms with Crippen LogP contribution in [0.2, 0.25) is 5.02 Å². The Hall–Kier alpha value is -2.79. The quantitative estimate of drug-likeness (QED) is 0.486. The number of carbonyl (C=O) groups excluding carboxylic acids is 1. The monoisotopic (exact) mass is 401 g/mol. The maximum atomic E-state index is 14.3. The van der Waals surface area contributed by atoms with Crippen LogP contribution in [0.25, 0.3) is 0 Å². The van der Waals surface area contributed by atoms with Crippen molar-refractivity contribution in [3.05, 3.63) is 88.6 Å². The Kier molecular flexibility index (Phi) is 6.71. The first kappa shape index (κ1) is 20.0. The molecule has 2 aromatic carbocycles. The van der Waals surface area contributed by atoms with Crippen LogP contribution in [0.4, 0.5) is 4.39 Å². The molecule has 0 aliphatic heterocycles. The SMILES string of the molecule is CCCOc1ccc(C(=O)N(Cc2ccco2)Cc2c(F)cccc2Cl)cc1. The third-order valence-electron chi connectivity index (χ3n) is 4.20. The van der Waals surface area contributed by atoms with Crippen molar-refractivity contribution in [2.24, 2.45) is 0 Å². The van der Waals surface area contributed by atoms with E-state index in [0.717, 1.165) is 6.42 Å². The standard InChI is InChI=1S/C22H21ClFNO3/c1-2-12-27-17-10-8-16(9-11-17)22(26)25(14-18-5-4-13-28-18)15-19-20(23)6-3-7-21(19)24/h3-11,13H,2,12,14-15H2,1H3. The third-order valence-corrected chi connectivity index (χ3v) is 4.55. The van der Waals surface area contributed by atoms with E-state index >= 15 is 0 Å². The van der Waals surface area contributed by atoms with Gasteiger partial charge in [0, 0.05) is 16.1 Å². The van der Waals surface area contributed by atoms with E-state index in [2.05, 4.69) is 0 Å². The molecule has 0 N–H and O–H groups in total. The molecular weight excluding hydrogens is 381 g/mol. The second-order valence-corrected chi connectivity index (χ2v) is 6.72. The zero-order valence-corrected chi connectivity index (χ0v) is 16.3. The van der Waals surface area contributed by atoms with Gasteiger partial charge in [0.05, 0.1) is 26.0 Å². The van der Waals surface area contributed by atoms with Gasteiger partial charge < -0.3 is 14.1 Å². The zero-order chi connectivity index (χ0) is 19.9. The Balaban J connectivity index is 1.84. The second-order valence-electron chi connectivity index (χ2n) is 6.31. The lowest BCUT2D eigenvalue weighted by atomic mass is 10.1. The molecule has 0 bridgehead atoms. The lowest BCUT2D eigenvalue weighted by molar-refractivity contribution is 0.0716. The Morgan fingerprint density at radius 3 is 2.54 bits per heavy atom. The minimum Gasteiger partial charge on any atom is -0.494 e. The third kappa shape index (κ3) is 4.93. The molecule has 1 amide bonds. The van der Waals surface area contributed by atoms with Crippen molar-refractivity contribution in [1.29, 1.82) is 0 Å². The highest BCUT2D eigenvalue weighted by atomic mass is 35.5. The van der Waals surface area contributed by atoms with Gasteiger partial charge in [-0.05, 0) is 55.0 Å². The molecule has 0 fully saturated rings. The van der Waals surface area contributed by atoms with Crippen molar-refractivity contribution >= 4 is 17.5 Å². The summed E-state index contributed by atoms with van der Waals surface area (Å²) in [5, 5.41) is 0.278. The molecule has 6 heteroatoms. The van der Waals surface area contributed by atoms with Crippen LogP contribution in [-0.4, -0.2) is 17.4 Å². The van der Waals surface area contributed by atoms with Crippen LogP contribution in [0.15, 0.2) is 65.3 Å². The van der Waals surface area contributed by atoms with Gasteiger partial charge in [0.1, 0.15) is 17.3 Å². The van der Waals surface area contributed by atoms with Crippen LogP contribution in [-0.2, 0) is 13.1 Å². The van der Waals surface area contributed by atoms with E-state index in [-0.39, 0.29) is 29.6 Å². The van der Waals surface area contributed by atoms with E-state index in [0.29, 0.717) is 23.7 Å². The van der Waals surface area contributed by atoms with Crippen LogP contribution in [0.5, 0.6) is 5.75 Å². The molecule has 0 radical (unpaired) electrons. The summed E-state index contributed by atoms with van der Waals surface area (Å²) in [5.74, 6) is 0.600. The maximum absolute atomic E-state index is 14.3. The maximum Gasteiger partial charge on any atom is 0.254 e. The molecule has 0 aliphatic carbocycles. The smallest absolute Gasteiger partial charge is 0.254 e. The number of ether oxygens (including phenoxy) is 1. The van der Waals surface area contributed by atoms with Crippen LogP contribution in [0.1, 0.15) is 35.0 Å². The van der Waals surface area contributed by atoms with Crippen molar-refractivity contribution in [1.82, 2.24) is 4.90 Å². The Morgan fingerprint density at radius 2 is 1.89 bits per heavy atom. The fourth-order valence-corrected chi connectivity index (χ4v) is 2.98. The van der Waals surface area contributed by atoms with Gasteiger partial charge in [-0.15, -0.1) is 0 Å². The lowest BCUT2D eigenvalue weighted by Gasteiger charge is -2.23. The Bertz CT molecular complexity index is 890. The molecule has 28 heavy (non-hydrogen) atoms. The van der Waals surface area contributed by atoms with Gasteiger partial charge in [-0.3, -0.25) is 4.79 Å². The Labute approximate surface area is 168 Å². The summed E-state index contributed by atoms with van der Waals surface area (Å²) in [6.45, 7) is 2.87. The second kappa shape index (κ2) is 9.42. The van der Waals surface area contributed by atoms with E-state index in [1.54, 1.807) is 42.5 Å². The van der Waals surface area contributed by atoms with Crippen LogP contribution in [0, 0.1) is 5.82 Å². The van der Waals surface area contributed by atoms with Gasteiger partial charge in [0.25, 0.3) is 5.91 Å². The van der Waals surface area contributed by atoms with Crippen LogP contribution in [0.3, 0.4) is 0 Å². The number of halogens is 2. The van der Waals surface area contributed by atoms with Crippen molar-refractivity contribution in [2.45, 2.75) is 26.4 Å². The van der Waals surface area contributed by atoms with Gasteiger partial charge in [-0.2, -0.15) is 0 Å². The Morgan fingerprint density at radius 1 is 1.11 bits per heavy atom. The summed E-state index contributed by atoms with van der Waals surface area (Å²) in [5.41, 5.74) is 0.745. The summed E-state index contributed by atoms with van der Waals surface area (Å²) in [6, 6.07) is 14.9. The minimum atomic E-state index is -0.451. The predicted molar refractivity (Wildman–Crippen MR) is 106 cm³/mol. The molecule has 3 aromatic rings. The van der Waals surface area contributed by atoms with Crippen molar-refractivity contribution < 1.29 is 18.3 Å². The molecule has 0 saturated heterocycles. The highest BCUT2D eigenvalue weighted by Gasteiger charge is 2.21. The van der Waals surface area contributed by atoms with Crippen LogP contribution < -0.4 is 4.74 Å². The summed E-state index contributed by atoms with van der Waals surface area (Å²) >= 11 is 6.16. The first-order valence-corrected chi connectivity index (χ1v) is 9.43. The fourth-order valence-electron chi connectivity index (χ4n) is 2.76. The fraction of sp³-hybridized carbons (Fsp3) is 0.227. The molecule has 3 rings (SSSR count). The highest BCUT2D eigenvalue weighted by molar-refractivity contribution is 6.31. The average Bonchev–Trinajstić information content (AvgIpc) is 3.21. The van der Waals surface area contributed by atoms with E-state index < -0.39 is 5.82 Å². The normalized spacial score (nSPS) is 10.7. The lowest BCUT2D eigenvalue weighted by Crippen LogP contribution is -2.30. The van der Waals surface area contributed by atoms with Gasteiger partial charge in [0.15, 0.2) is 0 Å². The molecular formula is C22H21ClFNO3. The molecule has 1 aromatic heterocycles. The van der Waals surface area contributed by atoms with Gasteiger partial charge in [0.2, 0.25) is 0 Å². The van der Waals surface area contributed by atoms with Gasteiger partial charge in [-0.1, -0.05) is 24.6 Å². The molecule has 0 saturated carbocycles. The predicted octanol–water partition coefficient (Wildman–Crippen LogP) is 5.70. The molecule has 146 valence electrons. The molecule has 0 atom stereocenters. The number of rotatable bonds is 8. The minimum absolute atomic E-state index is 0.0269. The number of hydrogen-bond acceptors (Lipinski definition) is 3. The topological polar surface area (TPSA) is 42.7 Å². The summed E-state index contributed by atoms with van der Waals surface area (Å²) in [7, 11) is 0. The largest absolute Gasteiger partial charge is 0.494 e. The first-order valence-electron chi connectivity index (χ1n) is 9.06. The molecule has 4 nitrogen and oxygen atoms in total. The molecule has 0 aliphatic rings. The van der Waals surface area contributed by atoms with E-state index in [1.807, 2.05) is 6.92 Å². The first-order chi connectivity index (χ1) is 13.6. The van der Waals surface area contributed by atoms with E-state index in [9.17, 15) is 9.18 Å². The van der Waals surface area contributed by atoms with Crippen LogP contribution >= 0.6 is 11.6 Å². The molecule has 0 spiro atoms. The molecule has 1 heterocycles. The van der Waals surface area contributed by atoms with Crippen molar-refractivity contribution in [2.75, 3.05) is 6.61 Å². The number of amides is 1. The summed E-state index contributed by atoms with van der Waals surface area (Å²) in [4.78, 5) is 14.6. The van der Waals surface area contributed by atoms with Crippen molar-refractivity contribution in [3.63, 3.8) is 0 Å².